The maximum Gasteiger partial charge on any atom is 0.344 e. The van der Waals surface area contributed by atoms with E-state index in [2.05, 4.69) is 14.5 Å². The van der Waals surface area contributed by atoms with Crippen molar-refractivity contribution in [1.82, 2.24) is 14.4 Å². The van der Waals surface area contributed by atoms with Crippen molar-refractivity contribution < 1.29 is 27.2 Å². The van der Waals surface area contributed by atoms with E-state index in [1.165, 1.54) is 24.5 Å². The molecular weight excluding hydrogens is 456 g/mol. The zero-order valence-corrected chi connectivity index (χ0v) is 18.7. The van der Waals surface area contributed by atoms with Gasteiger partial charge in [0.25, 0.3) is 5.89 Å². The number of thiophene rings is 1. The fraction of sp³-hybridized carbons (Fsp3) is 0.200. The number of nitrogens with zero attached hydrogens (tertiary/aromatic N) is 4. The fourth-order valence-electron chi connectivity index (χ4n) is 2.84. The Kier molecular flexibility index (Phi) is 6.06. The molecule has 3 heterocycles. The summed E-state index contributed by atoms with van der Waals surface area (Å²) in [5, 5.41) is 7.60. The molecule has 0 unspecified atom stereocenters. The highest BCUT2D eigenvalue weighted by atomic mass is 32.2. The number of rotatable bonds is 7. The van der Waals surface area contributed by atoms with Gasteiger partial charge in [0, 0.05) is 17.1 Å². The molecule has 0 saturated carbocycles. The summed E-state index contributed by atoms with van der Waals surface area (Å²) >= 11 is 1.50. The Morgan fingerprint density at radius 2 is 2.00 bits per heavy atom. The van der Waals surface area contributed by atoms with Crippen LogP contribution < -0.4 is 4.74 Å². The Hall–Kier alpha value is -3.51. The van der Waals surface area contributed by atoms with Crippen molar-refractivity contribution in [2.45, 2.75) is 20.1 Å². The van der Waals surface area contributed by atoms with Gasteiger partial charge < -0.3 is 14.0 Å². The number of ether oxygens (including phenoxy) is 2. The fourth-order valence-corrected chi connectivity index (χ4v) is 4.58. The molecule has 0 N–H and O–H groups in total. The third-order valence-electron chi connectivity index (χ3n) is 4.50. The zero-order valence-electron chi connectivity index (χ0n) is 17.1. The summed E-state index contributed by atoms with van der Waals surface area (Å²) in [4.78, 5) is 16.8. The normalized spacial score (nSPS) is 15.1. The monoisotopic (exact) mass is 474 g/mol. The molecule has 4 rings (SSSR count). The van der Waals surface area contributed by atoms with Crippen LogP contribution in [0.3, 0.4) is 0 Å². The number of carbonyl (C=O) groups is 1. The first-order valence-corrected chi connectivity index (χ1v) is 11.7. The molecule has 1 aliphatic rings. The molecule has 0 spiro atoms. The van der Waals surface area contributed by atoms with Crippen molar-refractivity contribution in [1.29, 1.82) is 0 Å². The molecule has 3 aromatic rings. The molecular formula is C20H18N4O6S2. The predicted molar refractivity (Wildman–Crippen MR) is 116 cm³/mol. The Morgan fingerprint density at radius 3 is 2.69 bits per heavy atom. The minimum atomic E-state index is -3.98. The van der Waals surface area contributed by atoms with Crippen LogP contribution in [0.4, 0.5) is 0 Å². The van der Waals surface area contributed by atoms with Gasteiger partial charge in [-0.1, -0.05) is 17.3 Å². The molecule has 1 aromatic carbocycles. The molecule has 166 valence electrons. The van der Waals surface area contributed by atoms with Gasteiger partial charge in [-0.05, 0) is 36.1 Å². The predicted octanol–water partition coefficient (Wildman–Crippen LogP) is 2.96. The summed E-state index contributed by atoms with van der Waals surface area (Å²) in [6, 6.07) is 8.73. The number of benzene rings is 1. The summed E-state index contributed by atoms with van der Waals surface area (Å²) < 4.78 is 45.1. The van der Waals surface area contributed by atoms with Crippen molar-refractivity contribution in [3.63, 3.8) is 0 Å². The van der Waals surface area contributed by atoms with E-state index in [1.807, 2.05) is 16.8 Å². The molecule has 0 atom stereocenters. The van der Waals surface area contributed by atoms with Gasteiger partial charge in [-0.3, -0.25) is 4.31 Å². The van der Waals surface area contributed by atoms with Crippen LogP contribution in [0.15, 0.2) is 61.8 Å². The van der Waals surface area contributed by atoms with Crippen LogP contribution in [-0.4, -0.2) is 41.7 Å². The molecule has 0 saturated heterocycles. The second kappa shape index (κ2) is 8.93. The number of carbonyl (C=O) groups excluding carboxylic acids is 1. The van der Waals surface area contributed by atoms with E-state index in [9.17, 15) is 13.2 Å². The highest BCUT2D eigenvalue weighted by Crippen LogP contribution is 2.22. The molecule has 32 heavy (non-hydrogen) atoms. The minimum Gasteiger partial charge on any atom is -0.497 e. The first-order valence-electron chi connectivity index (χ1n) is 9.31. The van der Waals surface area contributed by atoms with Crippen molar-refractivity contribution in [3.8, 4) is 17.1 Å². The number of esters is 1. The SMILES string of the molecule is COc1ccc(CN2C=C(C(=O)OCc3nc(-c4ccsc4)no3)C(C)=NS2(=O)=O)cc1. The lowest BCUT2D eigenvalue weighted by atomic mass is 10.2. The molecule has 0 fully saturated rings. The van der Waals surface area contributed by atoms with Crippen LogP contribution in [-0.2, 0) is 32.9 Å². The molecule has 10 nitrogen and oxygen atoms in total. The topological polar surface area (TPSA) is 124 Å². The van der Waals surface area contributed by atoms with E-state index in [-0.39, 0.29) is 30.3 Å². The van der Waals surface area contributed by atoms with Crippen LogP contribution in [0, 0.1) is 0 Å². The quantitative estimate of drug-likeness (QED) is 0.479. The summed E-state index contributed by atoms with van der Waals surface area (Å²) in [5.41, 5.74) is 1.55. The zero-order chi connectivity index (χ0) is 22.7. The summed E-state index contributed by atoms with van der Waals surface area (Å²) in [6.45, 7) is 1.16. The van der Waals surface area contributed by atoms with Crippen LogP contribution >= 0.6 is 11.3 Å². The first kappa shape index (κ1) is 21.7. The molecule has 1 aliphatic heterocycles. The lowest BCUT2D eigenvalue weighted by Gasteiger charge is -2.23. The van der Waals surface area contributed by atoms with Crippen LogP contribution in [0.1, 0.15) is 18.4 Å². The number of hydrogen-bond donors (Lipinski definition) is 0. The highest BCUT2D eigenvalue weighted by Gasteiger charge is 2.29. The maximum atomic E-state index is 12.6. The van der Waals surface area contributed by atoms with Crippen molar-refractivity contribution in [3.05, 3.63) is 64.3 Å². The van der Waals surface area contributed by atoms with Crippen LogP contribution in [0.25, 0.3) is 11.4 Å². The summed E-state index contributed by atoms with van der Waals surface area (Å²) in [7, 11) is -2.43. The number of hydrogen-bond acceptors (Lipinski definition) is 9. The smallest absolute Gasteiger partial charge is 0.344 e. The van der Waals surface area contributed by atoms with Gasteiger partial charge in [0.1, 0.15) is 5.75 Å². The van der Waals surface area contributed by atoms with Crippen molar-refractivity contribution in [2.75, 3.05) is 7.11 Å². The van der Waals surface area contributed by atoms with E-state index in [1.54, 1.807) is 31.4 Å². The van der Waals surface area contributed by atoms with Gasteiger partial charge in [-0.15, -0.1) is 4.40 Å². The molecule has 2 aromatic heterocycles. The van der Waals surface area contributed by atoms with E-state index < -0.39 is 16.2 Å². The molecule has 0 aliphatic carbocycles. The Bertz CT molecular complexity index is 1280. The van der Waals surface area contributed by atoms with Gasteiger partial charge in [0.05, 0.1) is 24.9 Å². The van der Waals surface area contributed by atoms with Gasteiger partial charge in [0.2, 0.25) is 5.82 Å². The highest BCUT2D eigenvalue weighted by molar-refractivity contribution is 7.88. The molecule has 0 amide bonds. The maximum absolute atomic E-state index is 12.6. The van der Waals surface area contributed by atoms with E-state index in [4.69, 9.17) is 14.0 Å². The largest absolute Gasteiger partial charge is 0.497 e. The lowest BCUT2D eigenvalue weighted by molar-refractivity contribution is -0.140. The lowest BCUT2D eigenvalue weighted by Crippen LogP contribution is -2.31. The van der Waals surface area contributed by atoms with Gasteiger partial charge in [-0.25, -0.2) is 4.79 Å². The third-order valence-corrected chi connectivity index (χ3v) is 6.52. The van der Waals surface area contributed by atoms with E-state index in [0.29, 0.717) is 17.1 Å². The van der Waals surface area contributed by atoms with Gasteiger partial charge in [0.15, 0.2) is 6.61 Å². The van der Waals surface area contributed by atoms with Gasteiger partial charge in [-0.2, -0.15) is 24.7 Å². The van der Waals surface area contributed by atoms with Crippen molar-refractivity contribution in [2.24, 2.45) is 4.40 Å². The van der Waals surface area contributed by atoms with Crippen molar-refractivity contribution >= 4 is 33.2 Å². The Balaban J connectivity index is 1.47. The standard InChI is InChI=1S/C20H18N4O6S2/c1-13-17(20(25)29-11-18-21-19(22-30-18)15-7-8-31-12-15)10-24(32(26,27)23-13)9-14-3-5-16(28-2)6-4-14/h3-8,10,12H,9,11H2,1-2H3. The first-order chi connectivity index (χ1) is 15.4. The number of aromatic nitrogens is 2. The van der Waals surface area contributed by atoms with E-state index >= 15 is 0 Å². The van der Waals surface area contributed by atoms with Gasteiger partial charge >= 0.3 is 16.2 Å². The minimum absolute atomic E-state index is 0.00640. The Labute approximate surface area is 188 Å². The average Bonchev–Trinajstić information content (AvgIpc) is 3.46. The average molecular weight is 475 g/mol. The molecule has 0 bridgehead atoms. The van der Waals surface area contributed by atoms with E-state index in [0.717, 1.165) is 9.87 Å². The number of methoxy groups -OCH3 is 1. The molecule has 12 heteroatoms. The van der Waals surface area contributed by atoms with Crippen LogP contribution in [0.2, 0.25) is 0 Å². The Morgan fingerprint density at radius 1 is 1.22 bits per heavy atom. The third kappa shape index (κ3) is 4.70. The second-order valence-corrected chi connectivity index (χ2v) is 9.02. The molecule has 0 radical (unpaired) electrons. The summed E-state index contributed by atoms with van der Waals surface area (Å²) in [6.07, 6.45) is 1.22. The second-order valence-electron chi connectivity index (χ2n) is 6.69. The van der Waals surface area contributed by atoms with Crippen LogP contribution in [0.5, 0.6) is 5.75 Å². The summed E-state index contributed by atoms with van der Waals surface area (Å²) in [5.74, 6) is 0.403.